The van der Waals surface area contributed by atoms with E-state index < -0.39 is 0 Å². The van der Waals surface area contributed by atoms with Gasteiger partial charge in [-0.2, -0.15) is 0 Å². The van der Waals surface area contributed by atoms with E-state index in [1.807, 2.05) is 6.92 Å². The monoisotopic (exact) mass is 240 g/mol. The zero-order chi connectivity index (χ0) is 12.5. The number of hydrogen-bond donors (Lipinski definition) is 2. The fourth-order valence-corrected chi connectivity index (χ4v) is 1.52. The second-order valence-electron chi connectivity index (χ2n) is 3.45. The molecule has 0 saturated carbocycles. The molecule has 0 radical (unpaired) electrons. The predicted octanol–water partition coefficient (Wildman–Crippen LogP) is -0.229. The Morgan fingerprint density at radius 2 is 2.12 bits per heavy atom. The van der Waals surface area contributed by atoms with Crippen molar-refractivity contribution < 1.29 is 9.84 Å². The van der Waals surface area contributed by atoms with E-state index in [4.69, 9.17) is 15.6 Å². The molecule has 3 N–H and O–H groups in total. The fraction of sp³-hybridized carbons (Fsp3) is 0.636. The summed E-state index contributed by atoms with van der Waals surface area (Å²) in [6.07, 6.45) is 3.30. The minimum absolute atomic E-state index is 0.0469. The van der Waals surface area contributed by atoms with Gasteiger partial charge in [-0.3, -0.25) is 4.98 Å². The molecule has 0 aliphatic rings. The molecule has 0 spiro atoms. The zero-order valence-electron chi connectivity index (χ0n) is 10.2. The van der Waals surface area contributed by atoms with Crippen molar-refractivity contribution in [3.8, 4) is 0 Å². The summed E-state index contributed by atoms with van der Waals surface area (Å²) < 4.78 is 5.24. The number of likely N-dealkylation sites (N-methyl/N-ethyl adjacent to an activating group) is 1. The van der Waals surface area contributed by atoms with Gasteiger partial charge in [-0.15, -0.1) is 0 Å². The molecule has 96 valence electrons. The summed E-state index contributed by atoms with van der Waals surface area (Å²) in [5.74, 6) is 0.810. The Hall–Kier alpha value is -1.24. The molecule has 0 saturated heterocycles. The van der Waals surface area contributed by atoms with Crippen molar-refractivity contribution in [2.75, 3.05) is 37.8 Å². The number of ether oxygens (including phenoxy) is 1. The van der Waals surface area contributed by atoms with Gasteiger partial charge in [-0.25, -0.2) is 4.98 Å². The summed E-state index contributed by atoms with van der Waals surface area (Å²) in [7, 11) is 0. The normalized spacial score (nSPS) is 10.5. The maximum Gasteiger partial charge on any atom is 0.151 e. The highest BCUT2D eigenvalue weighted by molar-refractivity contribution is 5.42. The van der Waals surface area contributed by atoms with Gasteiger partial charge in [0.2, 0.25) is 0 Å². The highest BCUT2D eigenvalue weighted by Gasteiger charge is 2.10. The number of aliphatic hydroxyl groups is 1. The molecule has 1 heterocycles. The third-order valence-electron chi connectivity index (χ3n) is 2.37. The van der Waals surface area contributed by atoms with E-state index in [-0.39, 0.29) is 6.61 Å². The number of aromatic nitrogens is 2. The lowest BCUT2D eigenvalue weighted by Crippen LogP contribution is -2.30. The van der Waals surface area contributed by atoms with Crippen LogP contribution in [0, 0.1) is 0 Å². The highest BCUT2D eigenvalue weighted by Crippen LogP contribution is 2.13. The van der Waals surface area contributed by atoms with E-state index in [1.54, 1.807) is 12.4 Å². The van der Waals surface area contributed by atoms with Gasteiger partial charge < -0.3 is 20.5 Å². The smallest absolute Gasteiger partial charge is 0.151 e. The van der Waals surface area contributed by atoms with Crippen LogP contribution in [-0.2, 0) is 11.3 Å². The van der Waals surface area contributed by atoms with Crippen molar-refractivity contribution in [1.82, 2.24) is 9.97 Å². The molecule has 6 nitrogen and oxygen atoms in total. The van der Waals surface area contributed by atoms with Crippen LogP contribution in [0.15, 0.2) is 12.4 Å². The maximum atomic E-state index is 8.61. The highest BCUT2D eigenvalue weighted by atomic mass is 16.5. The molecule has 0 aliphatic carbocycles. The summed E-state index contributed by atoms with van der Waals surface area (Å²) in [4.78, 5) is 10.6. The van der Waals surface area contributed by atoms with Crippen molar-refractivity contribution in [3.05, 3.63) is 18.1 Å². The Kier molecular flexibility index (Phi) is 6.46. The quantitative estimate of drug-likeness (QED) is 0.611. The fourth-order valence-electron chi connectivity index (χ4n) is 1.52. The minimum Gasteiger partial charge on any atom is -0.394 e. The lowest BCUT2D eigenvalue weighted by atomic mass is 10.3. The van der Waals surface area contributed by atoms with Crippen LogP contribution in [0.5, 0.6) is 0 Å². The van der Waals surface area contributed by atoms with E-state index in [2.05, 4.69) is 14.9 Å². The predicted molar refractivity (Wildman–Crippen MR) is 65.7 cm³/mol. The minimum atomic E-state index is 0.0469. The second-order valence-corrected chi connectivity index (χ2v) is 3.45. The standard InChI is InChI=1S/C11H20N4O2/c1-2-15(5-7-17-8-6-16)11-10(9-12)13-3-4-14-11/h3-4,16H,2,5-9,12H2,1H3. The van der Waals surface area contributed by atoms with Gasteiger partial charge in [-0.05, 0) is 6.92 Å². The van der Waals surface area contributed by atoms with Crippen LogP contribution in [0.4, 0.5) is 5.82 Å². The first-order chi connectivity index (χ1) is 8.33. The van der Waals surface area contributed by atoms with Crippen LogP contribution in [0.25, 0.3) is 0 Å². The van der Waals surface area contributed by atoms with E-state index in [1.165, 1.54) is 0 Å². The molecule has 1 aromatic rings. The topological polar surface area (TPSA) is 84.5 Å². The first-order valence-electron chi connectivity index (χ1n) is 5.77. The Morgan fingerprint density at radius 1 is 1.35 bits per heavy atom. The molecule has 0 aliphatic heterocycles. The number of hydrogen-bond acceptors (Lipinski definition) is 6. The third-order valence-corrected chi connectivity index (χ3v) is 2.37. The zero-order valence-corrected chi connectivity index (χ0v) is 10.2. The maximum absolute atomic E-state index is 8.61. The van der Waals surface area contributed by atoms with Crippen LogP contribution < -0.4 is 10.6 Å². The summed E-state index contributed by atoms with van der Waals surface area (Å²) in [5.41, 5.74) is 6.41. The molecule has 0 atom stereocenters. The van der Waals surface area contributed by atoms with Crippen molar-refractivity contribution >= 4 is 5.82 Å². The van der Waals surface area contributed by atoms with Gasteiger partial charge in [0.05, 0.1) is 25.5 Å². The van der Waals surface area contributed by atoms with E-state index in [0.29, 0.717) is 26.3 Å². The van der Waals surface area contributed by atoms with Gasteiger partial charge in [0.25, 0.3) is 0 Å². The van der Waals surface area contributed by atoms with Gasteiger partial charge in [0, 0.05) is 32.0 Å². The van der Waals surface area contributed by atoms with Gasteiger partial charge in [0.15, 0.2) is 5.82 Å². The molecule has 0 amide bonds. The molecule has 1 rings (SSSR count). The second kappa shape index (κ2) is 7.94. The average molecular weight is 240 g/mol. The Labute approximate surface area is 101 Å². The molecular weight excluding hydrogens is 220 g/mol. The van der Waals surface area contributed by atoms with Crippen molar-refractivity contribution in [2.24, 2.45) is 5.73 Å². The molecule has 1 aromatic heterocycles. The van der Waals surface area contributed by atoms with Gasteiger partial charge in [0.1, 0.15) is 0 Å². The van der Waals surface area contributed by atoms with Gasteiger partial charge in [-0.1, -0.05) is 0 Å². The first-order valence-corrected chi connectivity index (χ1v) is 5.77. The van der Waals surface area contributed by atoms with Gasteiger partial charge >= 0.3 is 0 Å². The lowest BCUT2D eigenvalue weighted by molar-refractivity contribution is 0.0967. The summed E-state index contributed by atoms with van der Waals surface area (Å²) in [6.45, 7) is 4.90. The molecule has 0 bridgehead atoms. The SMILES string of the molecule is CCN(CCOCCO)c1nccnc1CN. The van der Waals surface area contributed by atoms with Crippen molar-refractivity contribution in [2.45, 2.75) is 13.5 Å². The van der Waals surface area contributed by atoms with Crippen LogP contribution in [0.3, 0.4) is 0 Å². The Bertz CT molecular complexity index is 322. The Balaban J connectivity index is 2.59. The van der Waals surface area contributed by atoms with Crippen molar-refractivity contribution in [3.63, 3.8) is 0 Å². The molecule has 6 heteroatoms. The molecule has 0 fully saturated rings. The Morgan fingerprint density at radius 3 is 2.76 bits per heavy atom. The number of nitrogens with zero attached hydrogens (tertiary/aromatic N) is 3. The van der Waals surface area contributed by atoms with E-state index >= 15 is 0 Å². The third kappa shape index (κ3) is 4.26. The van der Waals surface area contributed by atoms with Crippen LogP contribution in [0.2, 0.25) is 0 Å². The molecule has 0 unspecified atom stereocenters. The molecular formula is C11H20N4O2. The first kappa shape index (κ1) is 13.8. The summed E-state index contributed by atoms with van der Waals surface area (Å²) in [5, 5.41) is 8.61. The molecule has 17 heavy (non-hydrogen) atoms. The number of nitrogens with two attached hydrogens (primary N) is 1. The van der Waals surface area contributed by atoms with Crippen LogP contribution in [-0.4, -0.2) is 48.0 Å². The number of aliphatic hydroxyl groups excluding tert-OH is 1. The number of rotatable bonds is 8. The van der Waals surface area contributed by atoms with E-state index in [9.17, 15) is 0 Å². The molecule has 0 aromatic carbocycles. The summed E-state index contributed by atoms with van der Waals surface area (Å²) >= 11 is 0. The van der Waals surface area contributed by atoms with Crippen molar-refractivity contribution in [1.29, 1.82) is 0 Å². The number of anilines is 1. The van der Waals surface area contributed by atoms with E-state index in [0.717, 1.165) is 18.1 Å². The van der Waals surface area contributed by atoms with Crippen LogP contribution in [0.1, 0.15) is 12.6 Å². The van der Waals surface area contributed by atoms with Crippen LogP contribution >= 0.6 is 0 Å². The largest absolute Gasteiger partial charge is 0.394 e. The summed E-state index contributed by atoms with van der Waals surface area (Å²) in [6, 6.07) is 0. The average Bonchev–Trinajstić information content (AvgIpc) is 2.39. The lowest BCUT2D eigenvalue weighted by Gasteiger charge is -2.23.